The van der Waals surface area contributed by atoms with E-state index >= 15 is 0 Å². The average Bonchev–Trinajstić information content (AvgIpc) is 3.15. The van der Waals surface area contributed by atoms with E-state index in [1.165, 1.54) is 26.8 Å². The number of thioether (sulfide) groups is 1. The molecule has 5 aromatic rings. The molecule has 4 aromatic heterocycles. The maximum atomic E-state index is 12.5. The Morgan fingerprint density at radius 3 is 2.75 bits per heavy atom. The van der Waals surface area contributed by atoms with Gasteiger partial charge in [-0.25, -0.2) is 4.98 Å². The van der Waals surface area contributed by atoms with Crippen molar-refractivity contribution in [2.45, 2.75) is 10.9 Å². The highest BCUT2D eigenvalue weighted by Gasteiger charge is 2.15. The van der Waals surface area contributed by atoms with Crippen LogP contribution in [0.3, 0.4) is 0 Å². The van der Waals surface area contributed by atoms with Gasteiger partial charge in [-0.1, -0.05) is 30.0 Å². The fraction of sp³-hybridized carbons (Fsp3) is 0.105. The molecule has 0 aliphatic heterocycles. The molecule has 5 rings (SSSR count). The normalized spacial score (nSPS) is 11.6. The van der Waals surface area contributed by atoms with Crippen LogP contribution in [0.25, 0.3) is 22.3 Å². The third-order valence-corrected chi connectivity index (χ3v) is 5.53. The summed E-state index contributed by atoms with van der Waals surface area (Å²) in [6.45, 7) is 0. The van der Waals surface area contributed by atoms with Crippen LogP contribution in [-0.4, -0.2) is 28.5 Å². The first kappa shape index (κ1) is 16.7. The van der Waals surface area contributed by atoms with Crippen LogP contribution in [0.5, 0.6) is 0 Å². The zero-order chi connectivity index (χ0) is 19.3. The predicted octanol–water partition coefficient (Wildman–Crippen LogP) is 1.88. The number of pyridine rings is 1. The Balaban J connectivity index is 1.60. The van der Waals surface area contributed by atoms with Crippen molar-refractivity contribution in [3.8, 4) is 0 Å². The third kappa shape index (κ3) is 2.51. The first-order valence-corrected chi connectivity index (χ1v) is 9.55. The van der Waals surface area contributed by atoms with Crippen molar-refractivity contribution in [1.29, 1.82) is 0 Å². The molecule has 1 aromatic carbocycles. The van der Waals surface area contributed by atoms with E-state index in [-0.39, 0.29) is 11.1 Å². The fourth-order valence-electron chi connectivity index (χ4n) is 3.22. The maximum absolute atomic E-state index is 12.5. The van der Waals surface area contributed by atoms with Gasteiger partial charge in [0.25, 0.3) is 11.1 Å². The second-order valence-corrected chi connectivity index (χ2v) is 7.25. The van der Waals surface area contributed by atoms with E-state index in [1.807, 2.05) is 28.7 Å². The lowest BCUT2D eigenvalue weighted by molar-refractivity contribution is 0.853. The highest BCUT2D eigenvalue weighted by atomic mass is 32.2. The van der Waals surface area contributed by atoms with Gasteiger partial charge in [-0.05, 0) is 24.3 Å². The molecular formula is C19H14N6O2S. The van der Waals surface area contributed by atoms with Gasteiger partial charge in [0.2, 0.25) is 5.78 Å². The van der Waals surface area contributed by atoms with Gasteiger partial charge in [0.15, 0.2) is 5.16 Å². The number of para-hydroxylation sites is 1. The van der Waals surface area contributed by atoms with Crippen molar-refractivity contribution < 1.29 is 0 Å². The lowest BCUT2D eigenvalue weighted by Crippen LogP contribution is -2.20. The Morgan fingerprint density at radius 1 is 1.04 bits per heavy atom. The molecule has 0 N–H and O–H groups in total. The fourth-order valence-corrected chi connectivity index (χ4v) is 4.05. The van der Waals surface area contributed by atoms with Crippen LogP contribution >= 0.6 is 11.8 Å². The number of benzene rings is 1. The number of rotatable bonds is 3. The zero-order valence-electron chi connectivity index (χ0n) is 14.8. The van der Waals surface area contributed by atoms with E-state index in [0.717, 1.165) is 5.52 Å². The van der Waals surface area contributed by atoms with Crippen molar-refractivity contribution in [3.05, 3.63) is 81.1 Å². The maximum Gasteiger partial charge on any atom is 0.262 e. The molecule has 0 amide bonds. The van der Waals surface area contributed by atoms with E-state index in [0.29, 0.717) is 33.4 Å². The van der Waals surface area contributed by atoms with Gasteiger partial charge in [-0.15, -0.1) is 10.2 Å². The molecule has 0 unspecified atom stereocenters. The number of fused-ring (bicyclic) bond motifs is 4. The summed E-state index contributed by atoms with van der Waals surface area (Å²) in [4.78, 5) is 29.3. The van der Waals surface area contributed by atoms with Crippen LogP contribution in [0, 0.1) is 0 Å². The molecule has 0 saturated carbocycles. The molecule has 0 atom stereocenters. The van der Waals surface area contributed by atoms with Gasteiger partial charge in [0.1, 0.15) is 5.65 Å². The average molecular weight is 390 g/mol. The molecule has 28 heavy (non-hydrogen) atoms. The third-order valence-electron chi connectivity index (χ3n) is 4.57. The minimum atomic E-state index is -0.125. The van der Waals surface area contributed by atoms with Crippen LogP contribution in [0.4, 0.5) is 0 Å². The van der Waals surface area contributed by atoms with E-state index in [2.05, 4.69) is 15.2 Å². The quantitative estimate of drug-likeness (QED) is 0.437. The summed E-state index contributed by atoms with van der Waals surface area (Å²) in [6.07, 6.45) is 1.69. The van der Waals surface area contributed by atoms with Gasteiger partial charge in [-0.2, -0.15) is 0 Å². The van der Waals surface area contributed by atoms with Crippen LogP contribution in [0.2, 0.25) is 0 Å². The minimum Gasteiger partial charge on any atom is -0.279 e. The molecule has 0 radical (unpaired) electrons. The summed E-state index contributed by atoms with van der Waals surface area (Å²) >= 11 is 1.42. The SMILES string of the molecule is Cn1c(=O)c2ccccc2n2c(SCc3cc(=O)n4ccccc4n3)nnc12. The lowest BCUT2D eigenvalue weighted by Gasteiger charge is -2.07. The van der Waals surface area contributed by atoms with Crippen LogP contribution in [-0.2, 0) is 12.8 Å². The Bertz CT molecular complexity index is 1480. The molecule has 0 aliphatic rings. The van der Waals surface area contributed by atoms with Crippen molar-refractivity contribution in [2.75, 3.05) is 0 Å². The molecule has 0 aliphatic carbocycles. The van der Waals surface area contributed by atoms with Crippen LogP contribution < -0.4 is 11.1 Å². The highest BCUT2D eigenvalue weighted by Crippen LogP contribution is 2.23. The minimum absolute atomic E-state index is 0.115. The van der Waals surface area contributed by atoms with Gasteiger partial charge in [0, 0.05) is 25.1 Å². The van der Waals surface area contributed by atoms with Crippen LogP contribution in [0.15, 0.2) is 69.5 Å². The molecule has 0 fully saturated rings. The van der Waals surface area contributed by atoms with Crippen molar-refractivity contribution in [2.24, 2.45) is 7.05 Å². The number of aromatic nitrogens is 6. The van der Waals surface area contributed by atoms with E-state index in [9.17, 15) is 9.59 Å². The van der Waals surface area contributed by atoms with Crippen molar-refractivity contribution >= 4 is 34.1 Å². The molecule has 0 bridgehead atoms. The number of hydrogen-bond acceptors (Lipinski definition) is 6. The summed E-state index contributed by atoms with van der Waals surface area (Å²) in [6, 6.07) is 14.3. The second kappa shape index (κ2) is 6.31. The molecule has 9 heteroatoms. The smallest absolute Gasteiger partial charge is 0.262 e. The summed E-state index contributed by atoms with van der Waals surface area (Å²) in [5.41, 5.74) is 1.77. The number of nitrogens with zero attached hydrogens (tertiary/aromatic N) is 6. The summed E-state index contributed by atoms with van der Waals surface area (Å²) in [5, 5.41) is 9.66. The van der Waals surface area contributed by atoms with Gasteiger partial charge < -0.3 is 0 Å². The Kier molecular flexibility index (Phi) is 3.76. The van der Waals surface area contributed by atoms with Gasteiger partial charge in [0.05, 0.1) is 16.6 Å². The Labute approximate surface area is 162 Å². The first-order chi connectivity index (χ1) is 13.6. The summed E-state index contributed by atoms with van der Waals surface area (Å²) < 4.78 is 4.85. The number of hydrogen-bond donors (Lipinski definition) is 0. The first-order valence-electron chi connectivity index (χ1n) is 8.56. The standard InChI is InChI=1S/C19H14N6O2S/c1-23-17(27)13-6-2-3-7-14(13)25-18(23)21-22-19(25)28-11-12-10-16(26)24-9-5-4-8-15(24)20-12/h2-10H,11H2,1H3. The molecular weight excluding hydrogens is 376 g/mol. The topological polar surface area (TPSA) is 86.6 Å². The predicted molar refractivity (Wildman–Crippen MR) is 107 cm³/mol. The van der Waals surface area contributed by atoms with E-state index in [1.54, 1.807) is 31.4 Å². The molecule has 0 saturated heterocycles. The van der Waals surface area contributed by atoms with E-state index in [4.69, 9.17) is 0 Å². The monoisotopic (exact) mass is 390 g/mol. The van der Waals surface area contributed by atoms with Crippen LogP contribution in [0.1, 0.15) is 5.69 Å². The van der Waals surface area contributed by atoms with Crippen molar-refractivity contribution in [3.63, 3.8) is 0 Å². The number of aryl methyl sites for hydroxylation is 1. The highest BCUT2D eigenvalue weighted by molar-refractivity contribution is 7.98. The van der Waals surface area contributed by atoms with E-state index < -0.39 is 0 Å². The Morgan fingerprint density at radius 2 is 1.86 bits per heavy atom. The van der Waals surface area contributed by atoms with Gasteiger partial charge >= 0.3 is 0 Å². The lowest BCUT2D eigenvalue weighted by atomic mass is 10.2. The molecule has 4 heterocycles. The Hall–Kier alpha value is -3.46. The largest absolute Gasteiger partial charge is 0.279 e. The second-order valence-electron chi connectivity index (χ2n) is 6.30. The van der Waals surface area contributed by atoms with Gasteiger partial charge in [-0.3, -0.25) is 23.0 Å². The zero-order valence-corrected chi connectivity index (χ0v) is 15.6. The summed E-state index contributed by atoms with van der Waals surface area (Å²) in [7, 11) is 1.68. The van der Waals surface area contributed by atoms with Crippen molar-refractivity contribution in [1.82, 2.24) is 28.5 Å². The summed E-state index contributed by atoms with van der Waals surface area (Å²) in [5.74, 6) is 0.927. The molecule has 0 spiro atoms. The molecule has 138 valence electrons. The molecule has 8 nitrogen and oxygen atoms in total.